The fourth-order valence-corrected chi connectivity index (χ4v) is 4.09. The van der Waals surface area contributed by atoms with Gasteiger partial charge >= 0.3 is 0 Å². The van der Waals surface area contributed by atoms with Crippen LogP contribution in [0.25, 0.3) is 0 Å². The molecule has 2 rings (SSSR count). The molecular formula is C12H18N4S3. The van der Waals surface area contributed by atoms with E-state index < -0.39 is 0 Å². The molecule has 19 heavy (non-hydrogen) atoms. The van der Waals surface area contributed by atoms with Crippen molar-refractivity contribution in [3.63, 3.8) is 0 Å². The van der Waals surface area contributed by atoms with Gasteiger partial charge in [-0.15, -0.1) is 21.5 Å². The fourth-order valence-electron chi connectivity index (χ4n) is 1.36. The normalized spacial score (nSPS) is 11.5. The maximum absolute atomic E-state index is 4.62. The number of thiazole rings is 1. The summed E-state index contributed by atoms with van der Waals surface area (Å²) in [6, 6.07) is 0.387. The van der Waals surface area contributed by atoms with Gasteiger partial charge in [-0.1, -0.05) is 36.9 Å². The van der Waals surface area contributed by atoms with Crippen LogP contribution < -0.4 is 5.32 Å². The highest BCUT2D eigenvalue weighted by Crippen LogP contribution is 2.29. The van der Waals surface area contributed by atoms with Crippen molar-refractivity contribution in [2.75, 3.05) is 5.32 Å². The lowest BCUT2D eigenvalue weighted by molar-refractivity contribution is 0.846. The van der Waals surface area contributed by atoms with Crippen molar-refractivity contribution in [1.82, 2.24) is 15.2 Å². The zero-order chi connectivity index (χ0) is 13.8. The van der Waals surface area contributed by atoms with Gasteiger partial charge in [0.1, 0.15) is 0 Å². The molecule has 104 valence electrons. The quantitative estimate of drug-likeness (QED) is 0.809. The summed E-state index contributed by atoms with van der Waals surface area (Å²) in [6.45, 7) is 8.53. The van der Waals surface area contributed by atoms with Gasteiger partial charge in [-0.3, -0.25) is 0 Å². The highest BCUT2D eigenvalue weighted by atomic mass is 32.2. The summed E-state index contributed by atoms with van der Waals surface area (Å²) in [5.41, 5.74) is 1.13. The number of thioether (sulfide) groups is 1. The Balaban J connectivity index is 1.89. The smallest absolute Gasteiger partial charge is 0.206 e. The van der Waals surface area contributed by atoms with Crippen LogP contribution in [0.2, 0.25) is 0 Å². The van der Waals surface area contributed by atoms with Gasteiger partial charge < -0.3 is 5.32 Å². The van der Waals surface area contributed by atoms with Crippen LogP contribution >= 0.6 is 34.4 Å². The van der Waals surface area contributed by atoms with Crippen molar-refractivity contribution in [3.8, 4) is 0 Å². The molecule has 0 saturated carbocycles. The summed E-state index contributed by atoms with van der Waals surface area (Å²) < 4.78 is 0.988. The lowest BCUT2D eigenvalue weighted by Gasteiger charge is -2.02. The van der Waals surface area contributed by atoms with Crippen LogP contribution in [0.4, 0.5) is 5.13 Å². The molecule has 0 radical (unpaired) electrons. The standard InChI is InChI=1S/C12H18N4S3/c1-7(2)10-14-9(5-17-10)6-18-12-16-15-11(19-12)13-8(3)4/h5,7-8H,6H2,1-4H3,(H,13,15). The average Bonchev–Trinajstić information content (AvgIpc) is 2.94. The Morgan fingerprint density at radius 1 is 1.26 bits per heavy atom. The minimum absolute atomic E-state index is 0.387. The second-order valence-electron chi connectivity index (χ2n) is 4.79. The van der Waals surface area contributed by atoms with E-state index in [1.54, 1.807) is 34.4 Å². The third-order valence-electron chi connectivity index (χ3n) is 2.23. The van der Waals surface area contributed by atoms with Crippen LogP contribution in [0, 0.1) is 0 Å². The molecule has 0 bridgehead atoms. The third-order valence-corrected chi connectivity index (χ3v) is 5.44. The van der Waals surface area contributed by atoms with E-state index in [1.165, 1.54) is 5.01 Å². The van der Waals surface area contributed by atoms with Gasteiger partial charge in [0.05, 0.1) is 10.7 Å². The molecule has 0 aliphatic rings. The molecule has 2 heterocycles. The van der Waals surface area contributed by atoms with Crippen LogP contribution in [0.3, 0.4) is 0 Å². The van der Waals surface area contributed by atoms with E-state index in [-0.39, 0.29) is 0 Å². The molecular weight excluding hydrogens is 296 g/mol. The van der Waals surface area contributed by atoms with E-state index in [0.717, 1.165) is 20.9 Å². The Labute approximate surface area is 126 Å². The Bertz CT molecular complexity index is 519. The summed E-state index contributed by atoms with van der Waals surface area (Å²) in [5, 5.41) is 15.8. The summed E-state index contributed by atoms with van der Waals surface area (Å²) in [4.78, 5) is 4.62. The zero-order valence-corrected chi connectivity index (χ0v) is 14.0. The molecule has 2 aromatic heterocycles. The lowest BCUT2D eigenvalue weighted by atomic mass is 10.2. The molecule has 0 aromatic carbocycles. The Hall–Kier alpha value is -0.660. The van der Waals surface area contributed by atoms with Gasteiger partial charge in [0, 0.05) is 23.1 Å². The van der Waals surface area contributed by atoms with Crippen LogP contribution in [0.15, 0.2) is 9.72 Å². The van der Waals surface area contributed by atoms with E-state index in [2.05, 4.69) is 53.6 Å². The Kier molecular flexibility index (Phi) is 5.18. The van der Waals surface area contributed by atoms with E-state index in [1.807, 2.05) is 0 Å². The molecule has 1 N–H and O–H groups in total. The Morgan fingerprint density at radius 3 is 2.68 bits per heavy atom. The summed E-state index contributed by atoms with van der Waals surface area (Å²) >= 11 is 5.03. The van der Waals surface area contributed by atoms with Gasteiger partial charge in [-0.05, 0) is 13.8 Å². The predicted molar refractivity (Wildman–Crippen MR) is 84.4 cm³/mol. The molecule has 4 nitrogen and oxygen atoms in total. The van der Waals surface area contributed by atoms with Crippen molar-refractivity contribution in [1.29, 1.82) is 0 Å². The topological polar surface area (TPSA) is 50.7 Å². The highest BCUT2D eigenvalue weighted by molar-refractivity contribution is 8.00. The molecule has 0 spiro atoms. The molecule has 0 atom stereocenters. The fraction of sp³-hybridized carbons (Fsp3) is 0.583. The first-order valence-electron chi connectivity index (χ1n) is 6.21. The van der Waals surface area contributed by atoms with Crippen LogP contribution in [0.5, 0.6) is 0 Å². The van der Waals surface area contributed by atoms with Gasteiger partial charge in [0.25, 0.3) is 0 Å². The Morgan fingerprint density at radius 2 is 2.05 bits per heavy atom. The van der Waals surface area contributed by atoms with Gasteiger partial charge in [0.15, 0.2) is 4.34 Å². The number of hydrogen-bond donors (Lipinski definition) is 1. The maximum Gasteiger partial charge on any atom is 0.206 e. The number of rotatable bonds is 6. The van der Waals surface area contributed by atoms with Crippen LogP contribution in [-0.2, 0) is 5.75 Å². The molecule has 7 heteroatoms. The van der Waals surface area contributed by atoms with Gasteiger partial charge in [-0.2, -0.15) is 0 Å². The van der Waals surface area contributed by atoms with Crippen LogP contribution in [0.1, 0.15) is 44.3 Å². The van der Waals surface area contributed by atoms with Crippen molar-refractivity contribution in [3.05, 3.63) is 16.1 Å². The lowest BCUT2D eigenvalue weighted by Crippen LogP contribution is -2.08. The van der Waals surface area contributed by atoms with Gasteiger partial charge in [0.2, 0.25) is 5.13 Å². The minimum atomic E-state index is 0.387. The van der Waals surface area contributed by atoms with Crippen molar-refractivity contribution >= 4 is 39.6 Å². The number of anilines is 1. The van der Waals surface area contributed by atoms with E-state index in [9.17, 15) is 0 Å². The number of nitrogens with zero attached hydrogens (tertiary/aromatic N) is 3. The van der Waals surface area contributed by atoms with Crippen LogP contribution in [-0.4, -0.2) is 21.2 Å². The molecule has 0 saturated heterocycles. The minimum Gasteiger partial charge on any atom is -0.358 e. The summed E-state index contributed by atoms with van der Waals surface area (Å²) in [7, 11) is 0. The van der Waals surface area contributed by atoms with Crippen molar-refractivity contribution < 1.29 is 0 Å². The second kappa shape index (κ2) is 6.67. The average molecular weight is 315 g/mol. The van der Waals surface area contributed by atoms with Crippen molar-refractivity contribution in [2.45, 2.75) is 49.7 Å². The van der Waals surface area contributed by atoms with E-state index in [0.29, 0.717) is 12.0 Å². The molecule has 0 amide bonds. The largest absolute Gasteiger partial charge is 0.358 e. The van der Waals surface area contributed by atoms with E-state index in [4.69, 9.17) is 0 Å². The van der Waals surface area contributed by atoms with E-state index >= 15 is 0 Å². The predicted octanol–water partition coefficient (Wildman–Crippen LogP) is 4.23. The summed E-state index contributed by atoms with van der Waals surface area (Å²) in [5.74, 6) is 1.37. The number of aromatic nitrogens is 3. The SMILES string of the molecule is CC(C)Nc1nnc(SCc2csc(C(C)C)n2)s1. The first-order chi connectivity index (χ1) is 9.04. The highest BCUT2D eigenvalue weighted by Gasteiger charge is 2.09. The third kappa shape index (κ3) is 4.43. The monoisotopic (exact) mass is 314 g/mol. The zero-order valence-electron chi connectivity index (χ0n) is 11.5. The second-order valence-corrected chi connectivity index (χ2v) is 7.88. The molecule has 0 aliphatic heterocycles. The van der Waals surface area contributed by atoms with Crippen molar-refractivity contribution in [2.24, 2.45) is 0 Å². The molecule has 0 fully saturated rings. The first-order valence-corrected chi connectivity index (χ1v) is 8.90. The van der Waals surface area contributed by atoms with Gasteiger partial charge in [-0.25, -0.2) is 4.98 Å². The number of hydrogen-bond acceptors (Lipinski definition) is 7. The molecule has 0 aliphatic carbocycles. The first kappa shape index (κ1) is 14.7. The summed E-state index contributed by atoms with van der Waals surface area (Å²) in [6.07, 6.45) is 0. The number of nitrogens with one attached hydrogen (secondary N) is 1. The maximum atomic E-state index is 4.62. The molecule has 2 aromatic rings. The molecule has 0 unspecified atom stereocenters.